The van der Waals surface area contributed by atoms with Crippen molar-refractivity contribution >= 4 is 23.3 Å². The normalized spacial score (nSPS) is 10.7. The first-order chi connectivity index (χ1) is 6.76. The topological polar surface area (TPSA) is 50.4 Å². The molecule has 0 unspecified atom stereocenters. The van der Waals surface area contributed by atoms with E-state index in [1.165, 1.54) is 4.52 Å². The third-order valence-corrected chi connectivity index (χ3v) is 2.11. The molecule has 0 radical (unpaired) electrons. The van der Waals surface area contributed by atoms with Crippen molar-refractivity contribution in [2.24, 2.45) is 0 Å². The fourth-order valence-electron chi connectivity index (χ4n) is 1.29. The van der Waals surface area contributed by atoms with Crippen LogP contribution in [0.2, 0.25) is 5.15 Å². The second-order valence-electron chi connectivity index (χ2n) is 2.73. The van der Waals surface area contributed by atoms with E-state index in [0.717, 1.165) is 0 Å². The van der Waals surface area contributed by atoms with Gasteiger partial charge >= 0.3 is 0 Å². The molecule has 2 aromatic heterocycles. The smallest absolute Gasteiger partial charge is 0.154 e. The van der Waals surface area contributed by atoms with Gasteiger partial charge in [0.25, 0.3) is 0 Å². The third-order valence-electron chi connectivity index (χ3n) is 1.91. The lowest BCUT2D eigenvalue weighted by Crippen LogP contribution is -1.98. The van der Waals surface area contributed by atoms with Crippen LogP contribution >= 0.6 is 11.6 Å². The van der Waals surface area contributed by atoms with E-state index < -0.39 is 0 Å². The van der Waals surface area contributed by atoms with Crippen molar-refractivity contribution in [2.45, 2.75) is 6.61 Å². The van der Waals surface area contributed by atoms with Crippen molar-refractivity contribution in [3.8, 4) is 0 Å². The number of nitrogens with zero attached hydrogens (tertiary/aromatic N) is 3. The summed E-state index contributed by atoms with van der Waals surface area (Å²) in [6.07, 6.45) is 1.58. The fraction of sp³-hybridized carbons (Fsp3) is 0.111. The molecule has 14 heavy (non-hydrogen) atoms. The number of fused-ring (bicyclic) bond motifs is 1. The lowest BCUT2D eigenvalue weighted by molar-refractivity contribution is 0.274. The second-order valence-corrected chi connectivity index (χ2v) is 3.12. The molecular formula is C9H8ClN3O. The molecule has 0 aliphatic carbocycles. The molecule has 4 nitrogen and oxygen atoms in total. The highest BCUT2D eigenvalue weighted by atomic mass is 35.5. The molecule has 5 heteroatoms. The number of aliphatic hydroxyl groups excluding tert-OH is 1. The van der Waals surface area contributed by atoms with Gasteiger partial charge in [0.1, 0.15) is 5.15 Å². The predicted octanol–water partition coefficient (Wildman–Crippen LogP) is 1.52. The molecule has 2 rings (SSSR count). The summed E-state index contributed by atoms with van der Waals surface area (Å²) >= 11 is 5.73. The van der Waals surface area contributed by atoms with Crippen LogP contribution in [0.1, 0.15) is 11.4 Å². The van der Waals surface area contributed by atoms with Gasteiger partial charge < -0.3 is 5.11 Å². The molecule has 0 aliphatic rings. The molecule has 0 fully saturated rings. The van der Waals surface area contributed by atoms with Gasteiger partial charge in [-0.15, -0.1) is 0 Å². The Kier molecular flexibility index (Phi) is 2.23. The average Bonchev–Trinajstić information content (AvgIpc) is 2.54. The highest BCUT2D eigenvalue weighted by Crippen LogP contribution is 2.14. The highest BCUT2D eigenvalue weighted by molar-refractivity contribution is 6.29. The van der Waals surface area contributed by atoms with E-state index in [9.17, 15) is 0 Å². The highest BCUT2D eigenvalue weighted by Gasteiger charge is 2.09. The van der Waals surface area contributed by atoms with Crippen LogP contribution in [0, 0.1) is 0 Å². The van der Waals surface area contributed by atoms with E-state index in [2.05, 4.69) is 16.7 Å². The van der Waals surface area contributed by atoms with Crippen LogP contribution in [0.4, 0.5) is 0 Å². The van der Waals surface area contributed by atoms with Gasteiger partial charge in [0.15, 0.2) is 5.65 Å². The number of aliphatic hydroxyl groups is 1. The number of rotatable bonds is 2. The Labute approximate surface area is 85.5 Å². The Hall–Kier alpha value is -1.39. The summed E-state index contributed by atoms with van der Waals surface area (Å²) in [4.78, 5) is 4.21. The van der Waals surface area contributed by atoms with Gasteiger partial charge in [0.05, 0.1) is 18.0 Å². The summed E-state index contributed by atoms with van der Waals surface area (Å²) in [5.74, 6) is 0. The molecule has 1 N–H and O–H groups in total. The van der Waals surface area contributed by atoms with Crippen LogP contribution < -0.4 is 0 Å². The van der Waals surface area contributed by atoms with E-state index >= 15 is 0 Å². The van der Waals surface area contributed by atoms with Crippen LogP contribution in [0.25, 0.3) is 11.7 Å². The van der Waals surface area contributed by atoms with E-state index in [0.29, 0.717) is 22.2 Å². The minimum Gasteiger partial charge on any atom is -0.390 e. The summed E-state index contributed by atoms with van der Waals surface area (Å²) in [6, 6.07) is 3.39. The summed E-state index contributed by atoms with van der Waals surface area (Å²) in [5, 5.41) is 13.5. The quantitative estimate of drug-likeness (QED) is 0.816. The lowest BCUT2D eigenvalue weighted by Gasteiger charge is -1.97. The summed E-state index contributed by atoms with van der Waals surface area (Å²) < 4.78 is 1.51. The van der Waals surface area contributed by atoms with E-state index in [1.54, 1.807) is 18.2 Å². The Balaban J connectivity index is 2.81. The maximum atomic E-state index is 9.14. The zero-order valence-corrected chi connectivity index (χ0v) is 8.07. The Bertz CT molecular complexity index is 492. The number of hydrogen-bond donors (Lipinski definition) is 1. The lowest BCUT2D eigenvalue weighted by atomic mass is 10.3. The Morgan fingerprint density at radius 3 is 3.00 bits per heavy atom. The molecule has 0 saturated carbocycles. The van der Waals surface area contributed by atoms with E-state index in [4.69, 9.17) is 16.7 Å². The van der Waals surface area contributed by atoms with E-state index in [1.807, 2.05) is 0 Å². The molecule has 0 aliphatic heterocycles. The molecule has 72 valence electrons. The molecule has 0 bridgehead atoms. The van der Waals surface area contributed by atoms with Crippen LogP contribution in [0.5, 0.6) is 0 Å². The third kappa shape index (κ3) is 1.29. The maximum absolute atomic E-state index is 9.14. The summed E-state index contributed by atoms with van der Waals surface area (Å²) in [7, 11) is 0. The molecule has 2 heterocycles. The molecule has 2 aromatic rings. The van der Waals surface area contributed by atoms with E-state index in [-0.39, 0.29) is 6.61 Å². The van der Waals surface area contributed by atoms with Crippen LogP contribution in [0.15, 0.2) is 18.7 Å². The van der Waals surface area contributed by atoms with Crippen molar-refractivity contribution in [2.75, 3.05) is 0 Å². The predicted molar refractivity (Wildman–Crippen MR) is 54.0 cm³/mol. The van der Waals surface area contributed by atoms with Gasteiger partial charge in [-0.1, -0.05) is 18.2 Å². The van der Waals surface area contributed by atoms with Crippen molar-refractivity contribution in [1.29, 1.82) is 0 Å². The number of aromatic nitrogens is 3. The Morgan fingerprint density at radius 1 is 1.57 bits per heavy atom. The first kappa shape index (κ1) is 9.18. The number of imidazole rings is 1. The van der Waals surface area contributed by atoms with Gasteiger partial charge in [-0.25, -0.2) is 9.50 Å². The van der Waals surface area contributed by atoms with Crippen LogP contribution in [0.3, 0.4) is 0 Å². The van der Waals surface area contributed by atoms with Gasteiger partial charge in [0.2, 0.25) is 0 Å². The van der Waals surface area contributed by atoms with Gasteiger partial charge in [-0.3, -0.25) is 0 Å². The molecule has 0 atom stereocenters. The Morgan fingerprint density at radius 2 is 2.36 bits per heavy atom. The fourth-order valence-corrected chi connectivity index (χ4v) is 1.42. The van der Waals surface area contributed by atoms with Gasteiger partial charge in [0, 0.05) is 0 Å². The average molecular weight is 210 g/mol. The zero-order chi connectivity index (χ0) is 10.1. The molecular weight excluding hydrogens is 202 g/mol. The minimum absolute atomic E-state index is 0.143. The maximum Gasteiger partial charge on any atom is 0.154 e. The first-order valence-electron chi connectivity index (χ1n) is 4.03. The van der Waals surface area contributed by atoms with Crippen molar-refractivity contribution in [1.82, 2.24) is 14.6 Å². The molecule has 0 aromatic carbocycles. The number of hydrogen-bond acceptors (Lipinski definition) is 3. The summed E-state index contributed by atoms with van der Waals surface area (Å²) in [5.41, 5.74) is 1.87. The monoisotopic (exact) mass is 209 g/mol. The molecule has 0 spiro atoms. The SMILES string of the molecule is C=Cc1nc2ccc(Cl)nn2c1CO. The zero-order valence-electron chi connectivity index (χ0n) is 7.31. The van der Waals surface area contributed by atoms with Crippen molar-refractivity contribution in [3.63, 3.8) is 0 Å². The minimum atomic E-state index is -0.143. The van der Waals surface area contributed by atoms with Crippen LogP contribution in [-0.2, 0) is 6.61 Å². The summed E-state index contributed by atoms with van der Waals surface area (Å²) in [6.45, 7) is 3.47. The molecule has 0 saturated heterocycles. The van der Waals surface area contributed by atoms with Crippen LogP contribution in [-0.4, -0.2) is 19.7 Å². The molecule has 0 amide bonds. The number of halogens is 1. The standard InChI is InChI=1S/C9H8ClN3O/c1-2-6-7(5-14)13-9(11-6)4-3-8(10)12-13/h2-4,14H,1,5H2. The van der Waals surface area contributed by atoms with Crippen molar-refractivity contribution < 1.29 is 5.11 Å². The van der Waals surface area contributed by atoms with Crippen molar-refractivity contribution in [3.05, 3.63) is 35.3 Å². The first-order valence-corrected chi connectivity index (χ1v) is 4.41. The van der Waals surface area contributed by atoms with Gasteiger partial charge in [-0.05, 0) is 18.2 Å². The largest absolute Gasteiger partial charge is 0.390 e. The second kappa shape index (κ2) is 3.40. The van der Waals surface area contributed by atoms with Gasteiger partial charge in [-0.2, -0.15) is 5.10 Å².